The number of hydrogen-bond acceptors (Lipinski definition) is 5. The van der Waals surface area contributed by atoms with Gasteiger partial charge in [-0.15, -0.1) is 0 Å². The number of nitrogens with one attached hydrogen (secondary N) is 1. The van der Waals surface area contributed by atoms with Crippen LogP contribution in [0.3, 0.4) is 0 Å². The molecule has 2 aromatic rings. The predicted octanol–water partition coefficient (Wildman–Crippen LogP) is 3.49. The molecule has 0 spiro atoms. The van der Waals surface area contributed by atoms with Crippen molar-refractivity contribution < 1.29 is 14.3 Å². The monoisotopic (exact) mass is 314 g/mol. The van der Waals surface area contributed by atoms with Gasteiger partial charge in [0.05, 0.1) is 4.91 Å². The average Bonchev–Trinajstić information content (AvgIpc) is 3.01. The molecule has 0 atom stereocenters. The van der Waals surface area contributed by atoms with E-state index in [1.165, 1.54) is 11.8 Å². The summed E-state index contributed by atoms with van der Waals surface area (Å²) in [6.45, 7) is 3.70. The van der Waals surface area contributed by atoms with Crippen molar-refractivity contribution in [3.05, 3.63) is 52.3 Å². The van der Waals surface area contributed by atoms with Gasteiger partial charge in [-0.3, -0.25) is 4.79 Å². The summed E-state index contributed by atoms with van der Waals surface area (Å²) < 4.78 is 5.44. The number of phenolic OH excluding ortho intramolecular Hbond substituents is 1. The summed E-state index contributed by atoms with van der Waals surface area (Å²) >= 11 is 1.21. The van der Waals surface area contributed by atoms with Crippen LogP contribution < -0.4 is 5.32 Å². The van der Waals surface area contributed by atoms with E-state index < -0.39 is 0 Å². The molecule has 1 amide bonds. The Morgan fingerprint density at radius 3 is 2.77 bits per heavy atom. The van der Waals surface area contributed by atoms with Crippen molar-refractivity contribution in [2.45, 2.75) is 13.8 Å². The van der Waals surface area contributed by atoms with Crippen LogP contribution in [0.4, 0.5) is 5.69 Å². The number of carbonyl (C=O) groups is 1. The van der Waals surface area contributed by atoms with Gasteiger partial charge in [-0.2, -0.15) is 0 Å². The number of thioether (sulfide) groups is 1. The molecule has 0 saturated carbocycles. The fraction of sp³-hybridized carbons (Fsp3) is 0.125. The minimum absolute atomic E-state index is 0.0847. The quantitative estimate of drug-likeness (QED) is 0.832. The summed E-state index contributed by atoms with van der Waals surface area (Å²) in [5.74, 6) is 1.26. The zero-order valence-corrected chi connectivity index (χ0v) is 12.9. The lowest BCUT2D eigenvalue weighted by Gasteiger charge is -2.03. The highest BCUT2D eigenvalue weighted by Crippen LogP contribution is 2.33. The van der Waals surface area contributed by atoms with E-state index >= 15 is 0 Å². The third-order valence-corrected chi connectivity index (χ3v) is 4.03. The van der Waals surface area contributed by atoms with Crippen molar-refractivity contribution in [1.82, 2.24) is 5.32 Å². The number of aromatic hydroxyl groups is 1. The van der Waals surface area contributed by atoms with Crippen LogP contribution in [0.2, 0.25) is 0 Å². The van der Waals surface area contributed by atoms with Crippen LogP contribution in [0.15, 0.2) is 44.6 Å². The maximum Gasteiger partial charge on any atom is 0.264 e. The number of furan rings is 1. The molecule has 3 rings (SSSR count). The van der Waals surface area contributed by atoms with E-state index in [2.05, 4.69) is 10.3 Å². The number of para-hydroxylation sites is 1. The minimum atomic E-state index is -0.231. The summed E-state index contributed by atoms with van der Waals surface area (Å²) in [7, 11) is 0. The van der Waals surface area contributed by atoms with Crippen LogP contribution in [0.25, 0.3) is 6.08 Å². The molecule has 5 nitrogen and oxygen atoms in total. The van der Waals surface area contributed by atoms with Crippen molar-refractivity contribution in [2.75, 3.05) is 0 Å². The van der Waals surface area contributed by atoms with Gasteiger partial charge in [0.1, 0.15) is 23.0 Å². The fourth-order valence-electron chi connectivity index (χ4n) is 2.03. The molecule has 2 N–H and O–H groups in total. The molecular formula is C16H14N2O3S. The molecule has 0 aliphatic carbocycles. The van der Waals surface area contributed by atoms with E-state index in [-0.39, 0.29) is 11.7 Å². The topological polar surface area (TPSA) is 74.8 Å². The van der Waals surface area contributed by atoms with E-state index in [0.29, 0.717) is 21.5 Å². The maximum absolute atomic E-state index is 12.0. The molecule has 0 unspecified atom stereocenters. The number of phenols is 1. The van der Waals surface area contributed by atoms with Crippen LogP contribution in [-0.2, 0) is 4.79 Å². The zero-order valence-electron chi connectivity index (χ0n) is 12.1. The van der Waals surface area contributed by atoms with Crippen molar-refractivity contribution >= 4 is 34.6 Å². The lowest BCUT2D eigenvalue weighted by atomic mass is 10.2. The number of aliphatic imine (C=N–C) groups is 1. The van der Waals surface area contributed by atoms with Gasteiger partial charge >= 0.3 is 0 Å². The number of rotatable bonds is 2. The van der Waals surface area contributed by atoms with Crippen LogP contribution in [0, 0.1) is 13.8 Å². The third kappa shape index (κ3) is 2.92. The molecule has 1 aliphatic heterocycles. The molecule has 0 radical (unpaired) electrons. The fourth-order valence-corrected chi connectivity index (χ4v) is 2.84. The van der Waals surface area contributed by atoms with Gasteiger partial charge in [-0.25, -0.2) is 4.99 Å². The van der Waals surface area contributed by atoms with E-state index in [4.69, 9.17) is 4.42 Å². The minimum Gasteiger partial charge on any atom is -0.506 e. The standard InChI is InChI=1S/C16H14N2O3S/c1-9-4-3-5-12(19)14(9)17-16-18-15(20)13(22-16)8-11-7-6-10(2)21-11/h3-8,19H,1-2H3,(H,17,18,20)/b13-8+. The lowest BCUT2D eigenvalue weighted by Crippen LogP contribution is -2.19. The SMILES string of the molecule is Cc1ccc(/C=C2/SC(=Nc3c(C)cccc3O)NC2=O)o1. The molecule has 0 bridgehead atoms. The van der Waals surface area contributed by atoms with Gasteiger partial charge in [-0.05, 0) is 49.4 Å². The Hall–Kier alpha value is -2.47. The highest BCUT2D eigenvalue weighted by Gasteiger charge is 2.24. The molecule has 2 heterocycles. The lowest BCUT2D eigenvalue weighted by molar-refractivity contribution is -0.115. The van der Waals surface area contributed by atoms with Crippen LogP contribution in [-0.4, -0.2) is 16.2 Å². The highest BCUT2D eigenvalue weighted by atomic mass is 32.2. The zero-order chi connectivity index (χ0) is 15.7. The molecule has 112 valence electrons. The summed E-state index contributed by atoms with van der Waals surface area (Å²) in [4.78, 5) is 16.8. The first-order valence-corrected chi connectivity index (χ1v) is 7.49. The number of aryl methyl sites for hydroxylation is 2. The largest absolute Gasteiger partial charge is 0.506 e. The van der Waals surface area contributed by atoms with Gasteiger partial charge in [0.25, 0.3) is 5.91 Å². The van der Waals surface area contributed by atoms with Gasteiger partial charge in [-0.1, -0.05) is 12.1 Å². The average molecular weight is 314 g/mol. The second-order valence-electron chi connectivity index (χ2n) is 4.87. The Labute approximate surface area is 131 Å². The van der Waals surface area contributed by atoms with Gasteiger partial charge < -0.3 is 14.8 Å². The number of amidine groups is 1. The van der Waals surface area contributed by atoms with E-state index in [9.17, 15) is 9.90 Å². The summed E-state index contributed by atoms with van der Waals surface area (Å²) in [6.07, 6.45) is 1.67. The molecule has 1 saturated heterocycles. The molecule has 22 heavy (non-hydrogen) atoms. The summed E-state index contributed by atoms with van der Waals surface area (Å²) in [5, 5.41) is 13.0. The molecule has 1 aromatic carbocycles. The molecule has 1 aromatic heterocycles. The summed E-state index contributed by atoms with van der Waals surface area (Å²) in [5.41, 5.74) is 1.29. The van der Waals surface area contributed by atoms with Crippen molar-refractivity contribution in [1.29, 1.82) is 0 Å². The van der Waals surface area contributed by atoms with Gasteiger partial charge in [0.2, 0.25) is 0 Å². The Balaban J connectivity index is 1.88. The van der Waals surface area contributed by atoms with Gasteiger partial charge in [0, 0.05) is 6.08 Å². The first kappa shape index (κ1) is 14.5. The maximum atomic E-state index is 12.0. The first-order valence-electron chi connectivity index (χ1n) is 6.67. The van der Waals surface area contributed by atoms with Crippen LogP contribution >= 0.6 is 11.8 Å². The Morgan fingerprint density at radius 1 is 1.27 bits per heavy atom. The number of benzene rings is 1. The normalized spacial score (nSPS) is 18.2. The number of hydrogen-bond donors (Lipinski definition) is 2. The van der Waals surface area contributed by atoms with Gasteiger partial charge in [0.15, 0.2) is 5.17 Å². The highest BCUT2D eigenvalue weighted by molar-refractivity contribution is 8.18. The predicted molar refractivity (Wildman–Crippen MR) is 87.1 cm³/mol. The van der Waals surface area contributed by atoms with E-state index in [0.717, 1.165) is 11.3 Å². The smallest absolute Gasteiger partial charge is 0.264 e. The first-order chi connectivity index (χ1) is 10.5. The van der Waals surface area contributed by atoms with Crippen molar-refractivity contribution in [2.24, 2.45) is 4.99 Å². The molecule has 6 heteroatoms. The molecule has 1 fully saturated rings. The second kappa shape index (κ2) is 5.73. The Kier molecular flexibility index (Phi) is 3.77. The number of carbonyl (C=O) groups excluding carboxylic acids is 1. The number of nitrogens with zero attached hydrogens (tertiary/aromatic N) is 1. The van der Waals surface area contributed by atoms with Crippen LogP contribution in [0.1, 0.15) is 17.1 Å². The molecular weight excluding hydrogens is 300 g/mol. The van der Waals surface area contributed by atoms with Crippen molar-refractivity contribution in [3.63, 3.8) is 0 Å². The third-order valence-electron chi connectivity index (χ3n) is 3.12. The Morgan fingerprint density at radius 2 is 2.09 bits per heavy atom. The van der Waals surface area contributed by atoms with E-state index in [1.54, 1.807) is 24.3 Å². The van der Waals surface area contributed by atoms with Crippen LogP contribution in [0.5, 0.6) is 5.75 Å². The summed E-state index contributed by atoms with van der Waals surface area (Å²) in [6, 6.07) is 8.81. The molecule has 1 aliphatic rings. The number of amides is 1. The Bertz CT molecular complexity index is 785. The van der Waals surface area contributed by atoms with Crippen molar-refractivity contribution in [3.8, 4) is 5.75 Å². The second-order valence-corrected chi connectivity index (χ2v) is 5.90. The van der Waals surface area contributed by atoms with E-state index in [1.807, 2.05) is 26.0 Å².